The fraction of sp³-hybridized carbons (Fsp3) is 0.538. The third kappa shape index (κ3) is 5.85. The van der Waals surface area contributed by atoms with Gasteiger partial charge in [0, 0.05) is 10.9 Å². The zero-order valence-corrected chi connectivity index (χ0v) is 12.1. The number of carboxylic acid groups (broad SMARTS) is 1. The molecule has 1 aromatic rings. The van der Waals surface area contributed by atoms with Gasteiger partial charge in [-0.25, -0.2) is 0 Å². The SMILES string of the molecule is CCC(C)N(CC(=O)O)CC(=O)NCc1cccs1. The zero-order chi connectivity index (χ0) is 14.3. The van der Waals surface area contributed by atoms with Gasteiger partial charge < -0.3 is 10.4 Å². The lowest BCUT2D eigenvalue weighted by Crippen LogP contribution is -2.43. The molecule has 1 rings (SSSR count). The van der Waals surface area contributed by atoms with Crippen molar-refractivity contribution in [2.75, 3.05) is 13.1 Å². The molecule has 0 spiro atoms. The van der Waals surface area contributed by atoms with Crippen LogP contribution in [0, 0.1) is 0 Å². The highest BCUT2D eigenvalue weighted by molar-refractivity contribution is 7.09. The van der Waals surface area contributed by atoms with Gasteiger partial charge in [0.05, 0.1) is 19.6 Å². The van der Waals surface area contributed by atoms with Crippen molar-refractivity contribution in [2.45, 2.75) is 32.9 Å². The summed E-state index contributed by atoms with van der Waals surface area (Å²) in [6.45, 7) is 4.41. The smallest absolute Gasteiger partial charge is 0.317 e. The van der Waals surface area contributed by atoms with E-state index >= 15 is 0 Å². The van der Waals surface area contributed by atoms with Gasteiger partial charge in [-0.15, -0.1) is 11.3 Å². The van der Waals surface area contributed by atoms with E-state index in [4.69, 9.17) is 5.11 Å². The number of thiophene rings is 1. The zero-order valence-electron chi connectivity index (χ0n) is 11.3. The second-order valence-electron chi connectivity index (χ2n) is 4.41. The first-order chi connectivity index (χ1) is 9.02. The van der Waals surface area contributed by atoms with Crippen molar-refractivity contribution < 1.29 is 14.7 Å². The minimum Gasteiger partial charge on any atom is -0.480 e. The third-order valence-corrected chi connectivity index (χ3v) is 3.82. The van der Waals surface area contributed by atoms with Gasteiger partial charge in [-0.2, -0.15) is 0 Å². The van der Waals surface area contributed by atoms with Crippen LogP contribution in [0.25, 0.3) is 0 Å². The minimum atomic E-state index is -0.911. The first-order valence-corrected chi connectivity index (χ1v) is 7.15. The number of nitrogens with one attached hydrogen (secondary N) is 1. The molecule has 0 fully saturated rings. The maximum Gasteiger partial charge on any atom is 0.317 e. The predicted molar refractivity (Wildman–Crippen MR) is 75.1 cm³/mol. The number of carboxylic acids is 1. The van der Waals surface area contributed by atoms with Crippen molar-refractivity contribution in [1.29, 1.82) is 0 Å². The number of carbonyl (C=O) groups is 2. The lowest BCUT2D eigenvalue weighted by Gasteiger charge is -2.25. The Bertz CT molecular complexity index is 406. The standard InChI is InChI=1S/C13H20N2O3S/c1-3-10(2)15(9-13(17)18)8-12(16)14-7-11-5-4-6-19-11/h4-6,10H,3,7-9H2,1-2H3,(H,14,16)(H,17,18). The van der Waals surface area contributed by atoms with E-state index in [2.05, 4.69) is 5.32 Å². The van der Waals surface area contributed by atoms with Gasteiger partial charge in [0.15, 0.2) is 0 Å². The van der Waals surface area contributed by atoms with E-state index in [9.17, 15) is 9.59 Å². The summed E-state index contributed by atoms with van der Waals surface area (Å²) in [5.41, 5.74) is 0. The molecule has 0 saturated heterocycles. The van der Waals surface area contributed by atoms with Crippen molar-refractivity contribution in [3.05, 3.63) is 22.4 Å². The van der Waals surface area contributed by atoms with Gasteiger partial charge in [0.25, 0.3) is 0 Å². The number of carbonyl (C=O) groups excluding carboxylic acids is 1. The molecule has 0 bridgehead atoms. The maximum atomic E-state index is 11.8. The number of hydrogen-bond donors (Lipinski definition) is 2. The van der Waals surface area contributed by atoms with Crippen molar-refractivity contribution >= 4 is 23.2 Å². The molecule has 106 valence electrons. The molecule has 2 N–H and O–H groups in total. The van der Waals surface area contributed by atoms with Crippen LogP contribution in [0.15, 0.2) is 17.5 Å². The first-order valence-electron chi connectivity index (χ1n) is 6.27. The molecule has 1 unspecified atom stereocenters. The molecule has 1 atom stereocenters. The number of aliphatic carboxylic acids is 1. The van der Waals surface area contributed by atoms with Gasteiger partial charge in [-0.1, -0.05) is 13.0 Å². The molecule has 0 aliphatic heterocycles. The quantitative estimate of drug-likeness (QED) is 0.760. The number of hydrogen-bond acceptors (Lipinski definition) is 4. The fourth-order valence-corrected chi connectivity index (χ4v) is 2.28. The number of nitrogens with zero attached hydrogens (tertiary/aromatic N) is 1. The van der Waals surface area contributed by atoms with Crippen LogP contribution < -0.4 is 5.32 Å². The first kappa shape index (κ1) is 15.7. The summed E-state index contributed by atoms with van der Waals surface area (Å²) < 4.78 is 0. The molecule has 0 aliphatic carbocycles. The van der Waals surface area contributed by atoms with Crippen molar-refractivity contribution in [1.82, 2.24) is 10.2 Å². The van der Waals surface area contributed by atoms with E-state index in [0.29, 0.717) is 6.54 Å². The monoisotopic (exact) mass is 284 g/mol. The molecule has 1 heterocycles. The van der Waals surface area contributed by atoms with E-state index in [1.807, 2.05) is 31.4 Å². The molecule has 5 nitrogen and oxygen atoms in total. The summed E-state index contributed by atoms with van der Waals surface area (Å²) in [5, 5.41) is 13.6. The van der Waals surface area contributed by atoms with Crippen molar-refractivity contribution in [2.24, 2.45) is 0 Å². The Labute approximate surface area is 117 Å². The topological polar surface area (TPSA) is 69.6 Å². The van der Waals surface area contributed by atoms with Crippen LogP contribution >= 0.6 is 11.3 Å². The second kappa shape index (κ2) is 7.91. The highest BCUT2D eigenvalue weighted by Gasteiger charge is 2.18. The van der Waals surface area contributed by atoms with E-state index in [1.165, 1.54) is 0 Å². The summed E-state index contributed by atoms with van der Waals surface area (Å²) in [5.74, 6) is -1.05. The van der Waals surface area contributed by atoms with Crippen LogP contribution in [0.5, 0.6) is 0 Å². The normalized spacial score (nSPS) is 12.4. The summed E-state index contributed by atoms with van der Waals surface area (Å²) in [7, 11) is 0. The number of amides is 1. The second-order valence-corrected chi connectivity index (χ2v) is 5.44. The van der Waals surface area contributed by atoms with E-state index < -0.39 is 5.97 Å². The Morgan fingerprint density at radius 3 is 2.74 bits per heavy atom. The van der Waals surface area contributed by atoms with E-state index in [1.54, 1.807) is 16.2 Å². The van der Waals surface area contributed by atoms with Gasteiger partial charge >= 0.3 is 5.97 Å². The van der Waals surface area contributed by atoms with Gasteiger partial charge in [-0.05, 0) is 24.8 Å². The van der Waals surface area contributed by atoms with Gasteiger partial charge in [0.2, 0.25) is 5.91 Å². The van der Waals surface area contributed by atoms with Crippen molar-refractivity contribution in [3.63, 3.8) is 0 Å². The van der Waals surface area contributed by atoms with Crippen LogP contribution in [-0.4, -0.2) is 41.0 Å². The van der Waals surface area contributed by atoms with Gasteiger partial charge in [-0.3, -0.25) is 14.5 Å². The van der Waals surface area contributed by atoms with E-state index in [0.717, 1.165) is 11.3 Å². The summed E-state index contributed by atoms with van der Waals surface area (Å²) in [4.78, 5) is 25.4. The maximum absolute atomic E-state index is 11.8. The third-order valence-electron chi connectivity index (χ3n) is 2.94. The van der Waals surface area contributed by atoms with Crippen LogP contribution in [0.1, 0.15) is 25.1 Å². The Balaban J connectivity index is 2.43. The largest absolute Gasteiger partial charge is 0.480 e. The summed E-state index contributed by atoms with van der Waals surface area (Å²) >= 11 is 1.58. The highest BCUT2D eigenvalue weighted by Crippen LogP contribution is 2.07. The van der Waals surface area contributed by atoms with E-state index in [-0.39, 0.29) is 25.0 Å². The van der Waals surface area contributed by atoms with Crippen LogP contribution in [0.4, 0.5) is 0 Å². The molecule has 19 heavy (non-hydrogen) atoms. The molecular weight excluding hydrogens is 264 g/mol. The fourth-order valence-electron chi connectivity index (χ4n) is 1.64. The lowest BCUT2D eigenvalue weighted by molar-refractivity contribution is -0.139. The molecule has 6 heteroatoms. The average molecular weight is 284 g/mol. The Morgan fingerprint density at radius 1 is 1.47 bits per heavy atom. The minimum absolute atomic E-state index is 0.0728. The highest BCUT2D eigenvalue weighted by atomic mass is 32.1. The molecular formula is C13H20N2O3S. The van der Waals surface area contributed by atoms with Crippen molar-refractivity contribution in [3.8, 4) is 0 Å². The van der Waals surface area contributed by atoms with Gasteiger partial charge in [0.1, 0.15) is 0 Å². The average Bonchev–Trinajstić information content (AvgIpc) is 2.87. The Kier molecular flexibility index (Phi) is 6.52. The molecule has 0 aromatic carbocycles. The molecule has 0 aliphatic rings. The molecule has 1 amide bonds. The predicted octanol–water partition coefficient (Wildman–Crippen LogP) is 1.55. The van der Waals surface area contributed by atoms with Crippen LogP contribution in [-0.2, 0) is 16.1 Å². The molecule has 0 saturated carbocycles. The molecule has 1 aromatic heterocycles. The Hall–Kier alpha value is -1.40. The summed E-state index contributed by atoms with van der Waals surface area (Å²) in [6.07, 6.45) is 0.811. The lowest BCUT2D eigenvalue weighted by atomic mass is 10.2. The summed E-state index contributed by atoms with van der Waals surface area (Å²) in [6, 6.07) is 3.96. The van der Waals surface area contributed by atoms with Crippen LogP contribution in [0.2, 0.25) is 0 Å². The van der Waals surface area contributed by atoms with Crippen LogP contribution in [0.3, 0.4) is 0 Å². The molecule has 0 radical (unpaired) electrons. The Morgan fingerprint density at radius 2 is 2.21 bits per heavy atom. The number of rotatable bonds is 8.